The predicted octanol–water partition coefficient (Wildman–Crippen LogP) is 4.55. The van der Waals surface area contributed by atoms with Gasteiger partial charge in [0.25, 0.3) is 0 Å². The molecule has 2 N–H and O–H groups in total. The quantitative estimate of drug-likeness (QED) is 0.789. The maximum atomic E-state index is 12.5. The van der Waals surface area contributed by atoms with Gasteiger partial charge in [0.05, 0.1) is 5.56 Å². The van der Waals surface area contributed by atoms with E-state index in [1.165, 1.54) is 29.3 Å². The molecule has 1 aliphatic carbocycles. The molecule has 1 unspecified atom stereocenters. The average molecular weight is 361 g/mol. The summed E-state index contributed by atoms with van der Waals surface area (Å²) < 4.78 is 1.06. The Balaban J connectivity index is 1.84. The zero-order valence-corrected chi connectivity index (χ0v) is 13.6. The SMILES string of the molecule is O=C(CC1CCCc2cc(Br)ccc21)c1ccc(O)cc1O. The van der Waals surface area contributed by atoms with Gasteiger partial charge in [-0.3, -0.25) is 4.79 Å². The van der Waals surface area contributed by atoms with Crippen LogP contribution in [0.4, 0.5) is 0 Å². The van der Waals surface area contributed by atoms with E-state index in [0.717, 1.165) is 23.7 Å². The van der Waals surface area contributed by atoms with Crippen LogP contribution in [0.15, 0.2) is 40.9 Å². The summed E-state index contributed by atoms with van der Waals surface area (Å²) in [5, 5.41) is 19.2. The number of phenols is 2. The molecule has 0 fully saturated rings. The number of ketones is 1. The minimum atomic E-state index is -0.156. The summed E-state index contributed by atoms with van der Waals surface area (Å²) in [5.74, 6) is -0.0884. The Hall–Kier alpha value is -1.81. The number of Topliss-reactive ketones (excluding diaryl/α,β-unsaturated/α-hetero) is 1. The molecule has 1 aliphatic rings. The van der Waals surface area contributed by atoms with Gasteiger partial charge in [0.1, 0.15) is 11.5 Å². The van der Waals surface area contributed by atoms with Crippen molar-refractivity contribution in [2.45, 2.75) is 31.6 Å². The summed E-state index contributed by atoms with van der Waals surface area (Å²) in [5.41, 5.74) is 2.82. The molecule has 1 atom stereocenters. The van der Waals surface area contributed by atoms with Crippen molar-refractivity contribution in [2.24, 2.45) is 0 Å². The number of phenolic OH excluding ortho intramolecular Hbond substituents is 2. The van der Waals surface area contributed by atoms with Crippen LogP contribution >= 0.6 is 15.9 Å². The first-order valence-corrected chi connectivity index (χ1v) is 8.17. The first-order chi connectivity index (χ1) is 10.5. The first-order valence-electron chi connectivity index (χ1n) is 7.38. The van der Waals surface area contributed by atoms with Crippen molar-refractivity contribution < 1.29 is 15.0 Å². The van der Waals surface area contributed by atoms with Crippen LogP contribution < -0.4 is 0 Å². The second kappa shape index (κ2) is 6.13. The van der Waals surface area contributed by atoms with E-state index in [1.54, 1.807) is 0 Å². The Labute approximate surface area is 137 Å². The minimum absolute atomic E-state index is 0.0399. The normalized spacial score (nSPS) is 17.0. The Morgan fingerprint density at radius 1 is 1.18 bits per heavy atom. The Bertz CT molecular complexity index is 724. The summed E-state index contributed by atoms with van der Waals surface area (Å²) in [6.45, 7) is 0. The van der Waals surface area contributed by atoms with Crippen molar-refractivity contribution in [3.8, 4) is 11.5 Å². The van der Waals surface area contributed by atoms with Gasteiger partial charge < -0.3 is 10.2 Å². The number of benzene rings is 2. The van der Waals surface area contributed by atoms with Crippen molar-refractivity contribution in [2.75, 3.05) is 0 Å². The van der Waals surface area contributed by atoms with Crippen molar-refractivity contribution in [1.29, 1.82) is 0 Å². The topological polar surface area (TPSA) is 57.5 Å². The van der Waals surface area contributed by atoms with Gasteiger partial charge in [-0.25, -0.2) is 0 Å². The molecule has 0 saturated heterocycles. The van der Waals surface area contributed by atoms with E-state index in [-0.39, 0.29) is 28.8 Å². The molecule has 114 valence electrons. The molecule has 3 rings (SSSR count). The molecular weight excluding hydrogens is 344 g/mol. The van der Waals surface area contributed by atoms with E-state index in [0.29, 0.717) is 6.42 Å². The Kier molecular flexibility index (Phi) is 4.21. The number of fused-ring (bicyclic) bond motifs is 1. The van der Waals surface area contributed by atoms with Crippen LogP contribution in [-0.2, 0) is 6.42 Å². The van der Waals surface area contributed by atoms with Gasteiger partial charge in [0.15, 0.2) is 5.78 Å². The van der Waals surface area contributed by atoms with Crippen molar-refractivity contribution in [3.05, 3.63) is 57.6 Å². The lowest BCUT2D eigenvalue weighted by atomic mass is 9.79. The largest absolute Gasteiger partial charge is 0.508 e. The fourth-order valence-electron chi connectivity index (χ4n) is 3.19. The van der Waals surface area contributed by atoms with Crippen molar-refractivity contribution in [1.82, 2.24) is 0 Å². The average Bonchev–Trinajstić information content (AvgIpc) is 2.47. The first kappa shape index (κ1) is 15.1. The zero-order chi connectivity index (χ0) is 15.7. The Morgan fingerprint density at radius 3 is 2.77 bits per heavy atom. The third-order valence-corrected chi connectivity index (χ3v) is 4.75. The van der Waals surface area contributed by atoms with E-state index in [1.807, 2.05) is 6.07 Å². The highest BCUT2D eigenvalue weighted by molar-refractivity contribution is 9.10. The van der Waals surface area contributed by atoms with Crippen LogP contribution in [0.3, 0.4) is 0 Å². The fourth-order valence-corrected chi connectivity index (χ4v) is 3.59. The number of rotatable bonds is 3. The molecule has 0 spiro atoms. The molecule has 0 saturated carbocycles. The Morgan fingerprint density at radius 2 is 2.00 bits per heavy atom. The van der Waals surface area contributed by atoms with Crippen LogP contribution in [0.2, 0.25) is 0 Å². The van der Waals surface area contributed by atoms with E-state index >= 15 is 0 Å². The van der Waals surface area contributed by atoms with Gasteiger partial charge in [-0.15, -0.1) is 0 Å². The van der Waals surface area contributed by atoms with E-state index < -0.39 is 0 Å². The highest BCUT2D eigenvalue weighted by Crippen LogP contribution is 2.37. The van der Waals surface area contributed by atoms with Gasteiger partial charge in [0.2, 0.25) is 0 Å². The number of hydrogen-bond donors (Lipinski definition) is 2. The maximum Gasteiger partial charge on any atom is 0.167 e. The monoisotopic (exact) mass is 360 g/mol. The molecule has 3 nitrogen and oxygen atoms in total. The molecule has 0 heterocycles. The molecule has 0 aromatic heterocycles. The maximum absolute atomic E-state index is 12.5. The molecule has 0 amide bonds. The van der Waals surface area contributed by atoms with Crippen LogP contribution in [0.1, 0.15) is 46.7 Å². The number of carbonyl (C=O) groups excluding carboxylic acids is 1. The summed E-state index contributed by atoms with van der Waals surface area (Å²) in [6, 6.07) is 10.4. The molecule has 2 aromatic rings. The minimum Gasteiger partial charge on any atom is -0.508 e. The van der Waals surface area contributed by atoms with Crippen LogP contribution in [0.5, 0.6) is 11.5 Å². The summed E-state index contributed by atoms with van der Waals surface area (Å²) in [7, 11) is 0. The summed E-state index contributed by atoms with van der Waals surface area (Å²) in [4.78, 5) is 12.5. The second-order valence-corrected chi connectivity index (χ2v) is 6.68. The summed E-state index contributed by atoms with van der Waals surface area (Å²) in [6.07, 6.45) is 3.49. The van der Waals surface area contributed by atoms with Crippen LogP contribution in [0.25, 0.3) is 0 Å². The van der Waals surface area contributed by atoms with Gasteiger partial charge in [0, 0.05) is 17.0 Å². The second-order valence-electron chi connectivity index (χ2n) is 5.76. The van der Waals surface area contributed by atoms with Gasteiger partial charge in [-0.1, -0.05) is 22.0 Å². The lowest BCUT2D eigenvalue weighted by molar-refractivity contribution is 0.0968. The number of halogens is 1. The van der Waals surface area contributed by atoms with E-state index in [9.17, 15) is 15.0 Å². The third kappa shape index (κ3) is 3.02. The molecular formula is C18H17BrO3. The molecule has 22 heavy (non-hydrogen) atoms. The lowest BCUT2D eigenvalue weighted by Crippen LogP contribution is -2.14. The molecule has 4 heteroatoms. The molecule has 0 aliphatic heterocycles. The molecule has 0 radical (unpaired) electrons. The van der Waals surface area contributed by atoms with E-state index in [4.69, 9.17) is 0 Å². The third-order valence-electron chi connectivity index (χ3n) is 4.26. The number of aryl methyl sites for hydroxylation is 1. The summed E-state index contributed by atoms with van der Waals surface area (Å²) >= 11 is 3.49. The zero-order valence-electron chi connectivity index (χ0n) is 12.1. The van der Waals surface area contributed by atoms with Crippen molar-refractivity contribution >= 4 is 21.7 Å². The highest BCUT2D eigenvalue weighted by Gasteiger charge is 2.24. The smallest absolute Gasteiger partial charge is 0.167 e. The van der Waals surface area contributed by atoms with Gasteiger partial charge in [-0.2, -0.15) is 0 Å². The van der Waals surface area contributed by atoms with Crippen LogP contribution in [-0.4, -0.2) is 16.0 Å². The molecule has 0 bridgehead atoms. The van der Waals surface area contributed by atoms with Crippen molar-refractivity contribution in [3.63, 3.8) is 0 Å². The fraction of sp³-hybridized carbons (Fsp3) is 0.278. The number of aromatic hydroxyl groups is 2. The highest BCUT2D eigenvalue weighted by atomic mass is 79.9. The number of hydrogen-bond acceptors (Lipinski definition) is 3. The van der Waals surface area contributed by atoms with Crippen LogP contribution in [0, 0.1) is 0 Å². The number of carbonyl (C=O) groups is 1. The standard InChI is InChI=1S/C18H17BrO3/c19-13-4-6-15-11(8-13)2-1-3-12(15)9-17(21)16-7-5-14(20)10-18(16)22/h4-8,10,12,20,22H,1-3,9H2. The molecule has 2 aromatic carbocycles. The van der Waals surface area contributed by atoms with E-state index in [2.05, 4.69) is 28.1 Å². The van der Waals surface area contributed by atoms with Gasteiger partial charge in [-0.05, 0) is 60.6 Å². The van der Waals surface area contributed by atoms with Gasteiger partial charge >= 0.3 is 0 Å². The predicted molar refractivity (Wildman–Crippen MR) is 88.5 cm³/mol. The lowest BCUT2D eigenvalue weighted by Gasteiger charge is -2.25.